The van der Waals surface area contributed by atoms with E-state index >= 15 is 0 Å². The molecular formula is C29H41F2N3O4S. The number of aliphatic hydroxyl groups excluding tert-OH is 1. The standard InChI is InChI=1S/C29H41F2N3O4S/c1-5-11-39(37,38)28-17-29(9-10-32-28,23-8-6-7-22(15-23)19(2)3)33-18-27(36)26(34-20(4)35)14-21-12-24(30)16-25(31)13-21/h6-8,12-13,15-16,19,26-28,32-33,36H,5,9-11,14,17-18H2,1-4H3,(H,34,35)/t26-,27+,28?,29?/m0/s1. The summed E-state index contributed by atoms with van der Waals surface area (Å²) >= 11 is 0. The number of rotatable bonds is 12. The van der Waals surface area contributed by atoms with Gasteiger partial charge in [0.05, 0.1) is 17.9 Å². The van der Waals surface area contributed by atoms with Gasteiger partial charge in [-0.1, -0.05) is 45.0 Å². The number of hydrogen-bond acceptors (Lipinski definition) is 6. The topological polar surface area (TPSA) is 108 Å². The van der Waals surface area contributed by atoms with E-state index in [4.69, 9.17) is 0 Å². The van der Waals surface area contributed by atoms with E-state index in [-0.39, 0.29) is 37.0 Å². The van der Waals surface area contributed by atoms with Crippen molar-refractivity contribution in [2.24, 2.45) is 0 Å². The maximum atomic E-state index is 13.8. The Balaban J connectivity index is 1.91. The molecule has 2 aromatic rings. The van der Waals surface area contributed by atoms with Gasteiger partial charge < -0.3 is 21.1 Å². The molecule has 1 aliphatic heterocycles. The molecule has 39 heavy (non-hydrogen) atoms. The first-order valence-electron chi connectivity index (χ1n) is 13.6. The van der Waals surface area contributed by atoms with Crippen LogP contribution in [0.5, 0.6) is 0 Å². The second-order valence-electron chi connectivity index (χ2n) is 10.9. The van der Waals surface area contributed by atoms with Crippen molar-refractivity contribution in [2.45, 2.75) is 82.4 Å². The highest BCUT2D eigenvalue weighted by atomic mass is 32.2. The zero-order chi connectivity index (χ0) is 28.8. The van der Waals surface area contributed by atoms with Gasteiger partial charge in [0.25, 0.3) is 0 Å². The Morgan fingerprint density at radius 2 is 1.87 bits per heavy atom. The van der Waals surface area contributed by atoms with Crippen LogP contribution >= 0.6 is 0 Å². The zero-order valence-electron chi connectivity index (χ0n) is 23.1. The van der Waals surface area contributed by atoms with E-state index in [2.05, 4.69) is 35.9 Å². The summed E-state index contributed by atoms with van der Waals surface area (Å²) in [6.45, 7) is 7.81. The fraction of sp³-hybridized carbons (Fsp3) is 0.552. The Hall–Kier alpha value is -2.40. The average Bonchev–Trinajstić information content (AvgIpc) is 2.86. The molecule has 0 aliphatic carbocycles. The maximum absolute atomic E-state index is 13.8. The van der Waals surface area contributed by atoms with Crippen LogP contribution in [0.25, 0.3) is 0 Å². The summed E-state index contributed by atoms with van der Waals surface area (Å²) in [5, 5.41) is 19.8. The van der Waals surface area contributed by atoms with E-state index < -0.39 is 44.5 Å². The SMILES string of the molecule is CCCS(=O)(=O)C1CC(NC[C@@H](O)[C@H](Cc2cc(F)cc(F)c2)NC(C)=O)(c2cccc(C(C)C)c2)CCN1. The summed E-state index contributed by atoms with van der Waals surface area (Å²) in [4.78, 5) is 11.9. The first-order valence-corrected chi connectivity index (χ1v) is 15.3. The van der Waals surface area contributed by atoms with Gasteiger partial charge in [-0.15, -0.1) is 0 Å². The van der Waals surface area contributed by atoms with Gasteiger partial charge in [-0.3, -0.25) is 4.79 Å². The lowest BCUT2D eigenvalue weighted by Crippen LogP contribution is -2.59. The van der Waals surface area contributed by atoms with Gasteiger partial charge in [0, 0.05) is 25.1 Å². The lowest BCUT2D eigenvalue weighted by atomic mass is 9.79. The highest BCUT2D eigenvalue weighted by molar-refractivity contribution is 7.91. The van der Waals surface area contributed by atoms with Gasteiger partial charge in [0.2, 0.25) is 5.91 Å². The summed E-state index contributed by atoms with van der Waals surface area (Å²) in [6.07, 6.45) is 0.262. The summed E-state index contributed by atoms with van der Waals surface area (Å²) in [6, 6.07) is 10.3. The van der Waals surface area contributed by atoms with Crippen LogP contribution in [0, 0.1) is 11.6 Å². The number of carbonyl (C=O) groups is 1. The number of sulfone groups is 1. The minimum absolute atomic E-state index is 0.0159. The number of piperidine rings is 1. The second kappa shape index (κ2) is 13.3. The first kappa shape index (κ1) is 31.1. The Kier molecular flexibility index (Phi) is 10.6. The monoisotopic (exact) mass is 565 g/mol. The Morgan fingerprint density at radius 3 is 2.49 bits per heavy atom. The van der Waals surface area contributed by atoms with Crippen LogP contribution < -0.4 is 16.0 Å². The predicted molar refractivity (Wildman–Crippen MR) is 149 cm³/mol. The molecule has 4 atom stereocenters. The second-order valence-corrected chi connectivity index (χ2v) is 13.2. The molecule has 1 aliphatic rings. The number of amides is 1. The molecule has 2 unspecified atom stereocenters. The van der Waals surface area contributed by atoms with Crippen LogP contribution in [-0.4, -0.2) is 55.8 Å². The third kappa shape index (κ3) is 8.30. The van der Waals surface area contributed by atoms with E-state index in [1.165, 1.54) is 19.1 Å². The molecule has 0 radical (unpaired) electrons. The average molecular weight is 566 g/mol. The number of aliphatic hydroxyl groups is 1. The van der Waals surface area contributed by atoms with Crippen LogP contribution in [-0.2, 0) is 26.6 Å². The molecule has 10 heteroatoms. The van der Waals surface area contributed by atoms with Crippen molar-refractivity contribution >= 4 is 15.7 Å². The molecule has 1 amide bonds. The van der Waals surface area contributed by atoms with E-state index in [1.54, 1.807) is 0 Å². The number of hydrogen-bond donors (Lipinski definition) is 4. The van der Waals surface area contributed by atoms with Crippen molar-refractivity contribution in [2.75, 3.05) is 18.8 Å². The zero-order valence-corrected chi connectivity index (χ0v) is 24.0. The first-order chi connectivity index (χ1) is 18.3. The van der Waals surface area contributed by atoms with E-state index in [9.17, 15) is 27.1 Å². The van der Waals surface area contributed by atoms with Crippen molar-refractivity contribution in [3.8, 4) is 0 Å². The lowest BCUT2D eigenvalue weighted by Gasteiger charge is -2.43. The van der Waals surface area contributed by atoms with Crippen molar-refractivity contribution in [1.29, 1.82) is 0 Å². The fourth-order valence-corrected chi connectivity index (χ4v) is 7.07. The third-order valence-corrected chi connectivity index (χ3v) is 9.54. The molecule has 4 N–H and O–H groups in total. The number of nitrogens with one attached hydrogen (secondary N) is 3. The van der Waals surface area contributed by atoms with Gasteiger partial charge in [-0.2, -0.15) is 0 Å². The van der Waals surface area contributed by atoms with Crippen LogP contribution in [0.3, 0.4) is 0 Å². The predicted octanol–water partition coefficient (Wildman–Crippen LogP) is 3.52. The molecular weight excluding hydrogens is 524 g/mol. The van der Waals surface area contributed by atoms with E-state index in [0.29, 0.717) is 24.9 Å². The number of halogens is 2. The molecule has 0 bridgehead atoms. The van der Waals surface area contributed by atoms with Gasteiger partial charge in [0.15, 0.2) is 9.84 Å². The van der Waals surface area contributed by atoms with Crippen LogP contribution in [0.4, 0.5) is 8.78 Å². The van der Waals surface area contributed by atoms with Crippen LogP contribution in [0.2, 0.25) is 0 Å². The van der Waals surface area contributed by atoms with Crippen molar-refractivity contribution < 1.29 is 27.1 Å². The molecule has 216 valence electrons. The fourth-order valence-electron chi connectivity index (χ4n) is 5.31. The lowest BCUT2D eigenvalue weighted by molar-refractivity contribution is -0.120. The third-order valence-electron chi connectivity index (χ3n) is 7.37. The molecule has 0 spiro atoms. The smallest absolute Gasteiger partial charge is 0.217 e. The van der Waals surface area contributed by atoms with Crippen LogP contribution in [0.15, 0.2) is 42.5 Å². The van der Waals surface area contributed by atoms with E-state index in [0.717, 1.165) is 17.2 Å². The number of carbonyl (C=O) groups excluding carboxylic acids is 1. The van der Waals surface area contributed by atoms with Crippen molar-refractivity contribution in [3.63, 3.8) is 0 Å². The Labute approximate surface area is 230 Å². The highest BCUT2D eigenvalue weighted by Gasteiger charge is 2.42. The Bertz CT molecular complexity index is 1220. The molecule has 0 saturated carbocycles. The minimum Gasteiger partial charge on any atom is -0.390 e. The van der Waals surface area contributed by atoms with Gasteiger partial charge >= 0.3 is 0 Å². The van der Waals surface area contributed by atoms with Gasteiger partial charge in [-0.05, 0) is 67.0 Å². The number of benzene rings is 2. The quantitative estimate of drug-likeness (QED) is 0.314. The molecule has 2 aromatic carbocycles. The molecule has 1 saturated heterocycles. The minimum atomic E-state index is -3.40. The van der Waals surface area contributed by atoms with Gasteiger partial charge in [-0.25, -0.2) is 17.2 Å². The normalized spacial score (nSPS) is 21.5. The molecule has 1 fully saturated rings. The summed E-state index contributed by atoms with van der Waals surface area (Å²) in [5.74, 6) is -1.52. The maximum Gasteiger partial charge on any atom is 0.217 e. The molecule has 7 nitrogen and oxygen atoms in total. The summed E-state index contributed by atoms with van der Waals surface area (Å²) in [7, 11) is -3.40. The largest absolute Gasteiger partial charge is 0.390 e. The highest BCUT2D eigenvalue weighted by Crippen LogP contribution is 2.36. The summed E-state index contributed by atoms with van der Waals surface area (Å²) in [5.41, 5.74) is 1.60. The molecule has 1 heterocycles. The van der Waals surface area contributed by atoms with Crippen LogP contribution in [0.1, 0.15) is 69.6 Å². The Morgan fingerprint density at radius 1 is 1.18 bits per heavy atom. The summed E-state index contributed by atoms with van der Waals surface area (Å²) < 4.78 is 53.7. The van der Waals surface area contributed by atoms with Gasteiger partial charge in [0.1, 0.15) is 17.0 Å². The van der Waals surface area contributed by atoms with Crippen molar-refractivity contribution in [1.82, 2.24) is 16.0 Å². The van der Waals surface area contributed by atoms with E-state index in [1.807, 2.05) is 25.1 Å². The molecule has 3 rings (SSSR count). The molecule has 0 aromatic heterocycles. The van der Waals surface area contributed by atoms with Crippen molar-refractivity contribution in [3.05, 3.63) is 70.8 Å².